The third-order valence-corrected chi connectivity index (χ3v) is 5.67. The summed E-state index contributed by atoms with van der Waals surface area (Å²) in [5, 5.41) is 0. The van der Waals surface area contributed by atoms with E-state index in [9.17, 15) is 0 Å². The van der Waals surface area contributed by atoms with Crippen LogP contribution in [0.2, 0.25) is 0 Å². The van der Waals surface area contributed by atoms with Crippen LogP contribution in [-0.4, -0.2) is 25.0 Å². The maximum atomic E-state index is 2.61. The molecule has 2 fully saturated rings. The Labute approximate surface area is 139 Å². The van der Waals surface area contributed by atoms with Crippen molar-refractivity contribution >= 4 is 12.4 Å². The highest BCUT2D eigenvalue weighted by molar-refractivity contribution is 5.85. The van der Waals surface area contributed by atoms with Crippen LogP contribution in [-0.2, 0) is 0 Å². The largest absolute Gasteiger partial charge is 0.306 e. The molecule has 126 valence electrons. The SMILES string of the molecule is CN(CCCCCC1CCCCC1)CC1CCCCC1.Cl. The molecule has 0 aliphatic heterocycles. The molecule has 0 aromatic rings. The van der Waals surface area contributed by atoms with Crippen LogP contribution < -0.4 is 0 Å². The van der Waals surface area contributed by atoms with Crippen molar-refractivity contribution in [2.45, 2.75) is 89.9 Å². The second kappa shape index (κ2) is 11.8. The maximum absolute atomic E-state index is 2.61. The molecule has 0 bridgehead atoms. The van der Waals surface area contributed by atoms with E-state index in [1.54, 1.807) is 0 Å². The molecule has 0 unspecified atom stereocenters. The molecule has 2 aliphatic carbocycles. The first kappa shape index (κ1) is 19.3. The Balaban J connectivity index is 0.00000220. The van der Waals surface area contributed by atoms with Crippen molar-refractivity contribution in [2.24, 2.45) is 11.8 Å². The molecular formula is C19H38ClN. The first-order valence-corrected chi connectivity index (χ1v) is 9.53. The quantitative estimate of drug-likeness (QED) is 0.492. The lowest BCUT2D eigenvalue weighted by molar-refractivity contribution is 0.229. The van der Waals surface area contributed by atoms with E-state index in [-0.39, 0.29) is 12.4 Å². The fourth-order valence-corrected chi connectivity index (χ4v) is 4.37. The fourth-order valence-electron chi connectivity index (χ4n) is 4.37. The van der Waals surface area contributed by atoms with Gasteiger partial charge in [0.2, 0.25) is 0 Å². The van der Waals surface area contributed by atoms with Gasteiger partial charge in [-0.15, -0.1) is 12.4 Å². The zero-order chi connectivity index (χ0) is 14.0. The number of hydrogen-bond donors (Lipinski definition) is 0. The van der Waals surface area contributed by atoms with Gasteiger partial charge in [-0.3, -0.25) is 0 Å². The Hall–Kier alpha value is 0.250. The molecule has 0 saturated heterocycles. The number of nitrogens with zero attached hydrogens (tertiary/aromatic N) is 1. The van der Waals surface area contributed by atoms with Crippen molar-refractivity contribution in [1.82, 2.24) is 4.90 Å². The van der Waals surface area contributed by atoms with Gasteiger partial charge in [-0.1, -0.05) is 70.6 Å². The molecule has 0 heterocycles. The third kappa shape index (κ3) is 8.45. The minimum atomic E-state index is 0. The van der Waals surface area contributed by atoms with E-state index >= 15 is 0 Å². The zero-order valence-corrected chi connectivity index (χ0v) is 15.1. The van der Waals surface area contributed by atoms with E-state index in [4.69, 9.17) is 0 Å². The predicted octanol–water partition coefficient (Wildman–Crippen LogP) is 6.06. The summed E-state index contributed by atoms with van der Waals surface area (Å²) in [6.07, 6.45) is 20.9. The molecule has 0 aromatic heterocycles. The average Bonchev–Trinajstić information content (AvgIpc) is 2.49. The Morgan fingerprint density at radius 1 is 0.714 bits per heavy atom. The van der Waals surface area contributed by atoms with Crippen molar-refractivity contribution < 1.29 is 0 Å². The van der Waals surface area contributed by atoms with Gasteiger partial charge in [0.15, 0.2) is 0 Å². The predicted molar refractivity (Wildman–Crippen MR) is 96.4 cm³/mol. The number of unbranched alkanes of at least 4 members (excludes halogenated alkanes) is 2. The molecular weight excluding hydrogens is 278 g/mol. The van der Waals surface area contributed by atoms with Gasteiger partial charge in [-0.05, 0) is 44.7 Å². The molecule has 1 nitrogen and oxygen atoms in total. The van der Waals surface area contributed by atoms with Gasteiger partial charge in [0.1, 0.15) is 0 Å². The molecule has 2 saturated carbocycles. The van der Waals surface area contributed by atoms with E-state index < -0.39 is 0 Å². The highest BCUT2D eigenvalue weighted by Gasteiger charge is 2.15. The Kier molecular flexibility index (Phi) is 10.8. The van der Waals surface area contributed by atoms with Crippen molar-refractivity contribution in [3.63, 3.8) is 0 Å². The lowest BCUT2D eigenvalue weighted by atomic mass is 9.85. The van der Waals surface area contributed by atoms with Crippen LogP contribution in [0.4, 0.5) is 0 Å². The second-order valence-corrected chi connectivity index (χ2v) is 7.62. The topological polar surface area (TPSA) is 3.24 Å². The molecule has 2 aliphatic rings. The lowest BCUT2D eigenvalue weighted by Crippen LogP contribution is -2.27. The molecule has 0 atom stereocenters. The van der Waals surface area contributed by atoms with E-state index in [2.05, 4.69) is 11.9 Å². The van der Waals surface area contributed by atoms with Gasteiger partial charge >= 0.3 is 0 Å². The third-order valence-electron chi connectivity index (χ3n) is 5.67. The molecule has 0 N–H and O–H groups in total. The van der Waals surface area contributed by atoms with Crippen LogP contribution in [0.1, 0.15) is 89.9 Å². The van der Waals surface area contributed by atoms with Crippen LogP contribution in [0.15, 0.2) is 0 Å². The Morgan fingerprint density at radius 3 is 1.90 bits per heavy atom. The highest BCUT2D eigenvalue weighted by atomic mass is 35.5. The summed E-state index contributed by atoms with van der Waals surface area (Å²) < 4.78 is 0. The van der Waals surface area contributed by atoms with Crippen molar-refractivity contribution in [1.29, 1.82) is 0 Å². The van der Waals surface area contributed by atoms with E-state index in [1.165, 1.54) is 103 Å². The fraction of sp³-hybridized carbons (Fsp3) is 1.00. The number of hydrogen-bond acceptors (Lipinski definition) is 1. The Morgan fingerprint density at radius 2 is 1.29 bits per heavy atom. The van der Waals surface area contributed by atoms with Crippen molar-refractivity contribution in [3.05, 3.63) is 0 Å². The summed E-state index contributed by atoms with van der Waals surface area (Å²) in [7, 11) is 2.34. The molecule has 0 spiro atoms. The number of rotatable bonds is 8. The lowest BCUT2D eigenvalue weighted by Gasteiger charge is -2.27. The van der Waals surface area contributed by atoms with Gasteiger partial charge in [-0.2, -0.15) is 0 Å². The van der Waals surface area contributed by atoms with E-state index in [0.29, 0.717) is 0 Å². The van der Waals surface area contributed by atoms with Crippen LogP contribution in [0.25, 0.3) is 0 Å². The zero-order valence-electron chi connectivity index (χ0n) is 14.3. The average molecular weight is 316 g/mol. The van der Waals surface area contributed by atoms with Crippen LogP contribution in [0.3, 0.4) is 0 Å². The second-order valence-electron chi connectivity index (χ2n) is 7.62. The molecule has 2 heteroatoms. The summed E-state index contributed by atoms with van der Waals surface area (Å²) in [4.78, 5) is 2.61. The first-order chi connectivity index (χ1) is 9.84. The van der Waals surface area contributed by atoms with Crippen LogP contribution >= 0.6 is 12.4 Å². The van der Waals surface area contributed by atoms with Crippen LogP contribution in [0.5, 0.6) is 0 Å². The normalized spacial score (nSPS) is 21.4. The van der Waals surface area contributed by atoms with Crippen molar-refractivity contribution in [3.8, 4) is 0 Å². The van der Waals surface area contributed by atoms with E-state index in [1.807, 2.05) is 0 Å². The Bertz CT molecular complexity index is 232. The summed E-state index contributed by atoms with van der Waals surface area (Å²) in [6, 6.07) is 0. The van der Waals surface area contributed by atoms with Crippen LogP contribution in [0, 0.1) is 11.8 Å². The minimum Gasteiger partial charge on any atom is -0.306 e. The number of halogens is 1. The summed E-state index contributed by atoms with van der Waals surface area (Å²) in [6.45, 7) is 2.70. The summed E-state index contributed by atoms with van der Waals surface area (Å²) in [5.41, 5.74) is 0. The molecule has 0 amide bonds. The highest BCUT2D eigenvalue weighted by Crippen LogP contribution is 2.28. The van der Waals surface area contributed by atoms with Gasteiger partial charge in [0.25, 0.3) is 0 Å². The molecule has 21 heavy (non-hydrogen) atoms. The molecule has 0 radical (unpaired) electrons. The standard InChI is InChI=1S/C19H37N.ClH/c1-20(17-19-14-7-3-8-15-19)16-10-4-9-13-18-11-5-2-6-12-18;/h18-19H,2-17H2,1H3;1H. The van der Waals surface area contributed by atoms with Crippen molar-refractivity contribution in [2.75, 3.05) is 20.1 Å². The summed E-state index contributed by atoms with van der Waals surface area (Å²) >= 11 is 0. The maximum Gasteiger partial charge on any atom is 0.000661 e. The van der Waals surface area contributed by atoms with Gasteiger partial charge in [-0.25, -0.2) is 0 Å². The summed E-state index contributed by atoms with van der Waals surface area (Å²) in [5.74, 6) is 2.10. The van der Waals surface area contributed by atoms with E-state index in [0.717, 1.165) is 11.8 Å². The van der Waals surface area contributed by atoms with Gasteiger partial charge in [0.05, 0.1) is 0 Å². The monoisotopic (exact) mass is 315 g/mol. The van der Waals surface area contributed by atoms with Gasteiger partial charge in [0, 0.05) is 6.54 Å². The smallest absolute Gasteiger partial charge is 0.000661 e. The minimum absolute atomic E-state index is 0. The first-order valence-electron chi connectivity index (χ1n) is 9.53. The molecule has 0 aromatic carbocycles. The van der Waals surface area contributed by atoms with Gasteiger partial charge < -0.3 is 4.90 Å². The molecule has 2 rings (SSSR count).